The Hall–Kier alpha value is -3.09. The Labute approximate surface area is 239 Å². The van der Waals surface area contributed by atoms with Crippen LogP contribution in [0.5, 0.6) is 0 Å². The Bertz CT molecular complexity index is 1290. The minimum Gasteiger partial charge on any atom is -0.481 e. The van der Waals surface area contributed by atoms with Crippen molar-refractivity contribution in [3.05, 3.63) is 46.6 Å². The van der Waals surface area contributed by atoms with E-state index in [9.17, 15) is 19.5 Å². The van der Waals surface area contributed by atoms with E-state index in [0.29, 0.717) is 17.0 Å². The molecule has 1 heterocycles. The lowest BCUT2D eigenvalue weighted by Crippen LogP contribution is -2.40. The SMILES string of the molecule is Cc1c(C(=O)NCC(C)(C)C(=O)O)cc(-c2cc(C(=O)NC(C)(C)C)cc(C3(C)CC3)c2)n1CC1CCCCC1. The minimum atomic E-state index is -1.07. The number of carbonyl (C=O) groups is 3. The first-order valence-corrected chi connectivity index (χ1v) is 14.8. The average molecular weight is 550 g/mol. The maximum Gasteiger partial charge on any atom is 0.310 e. The topological polar surface area (TPSA) is 100 Å². The minimum absolute atomic E-state index is 0.0364. The quantitative estimate of drug-likeness (QED) is 0.334. The summed E-state index contributed by atoms with van der Waals surface area (Å²) in [4.78, 5) is 38.3. The molecule has 4 rings (SSSR count). The van der Waals surface area contributed by atoms with Gasteiger partial charge in [0.25, 0.3) is 11.8 Å². The summed E-state index contributed by atoms with van der Waals surface area (Å²) in [6, 6.07) is 8.11. The smallest absolute Gasteiger partial charge is 0.310 e. The predicted molar refractivity (Wildman–Crippen MR) is 159 cm³/mol. The third-order valence-electron chi connectivity index (χ3n) is 8.72. The number of hydrogen-bond donors (Lipinski definition) is 3. The zero-order valence-corrected chi connectivity index (χ0v) is 25.4. The summed E-state index contributed by atoms with van der Waals surface area (Å²) in [7, 11) is 0. The van der Waals surface area contributed by atoms with E-state index in [2.05, 4.69) is 28.2 Å². The van der Waals surface area contributed by atoms with Crippen molar-refractivity contribution >= 4 is 17.8 Å². The van der Waals surface area contributed by atoms with Gasteiger partial charge in [-0.3, -0.25) is 14.4 Å². The summed E-state index contributed by atoms with van der Waals surface area (Å²) in [5, 5.41) is 15.5. The van der Waals surface area contributed by atoms with Crippen LogP contribution in [-0.2, 0) is 16.8 Å². The highest BCUT2D eigenvalue weighted by molar-refractivity contribution is 5.98. The fourth-order valence-corrected chi connectivity index (χ4v) is 5.59. The van der Waals surface area contributed by atoms with Crippen LogP contribution in [0.2, 0.25) is 0 Å². The molecule has 2 aliphatic carbocycles. The van der Waals surface area contributed by atoms with Gasteiger partial charge in [-0.2, -0.15) is 0 Å². The van der Waals surface area contributed by atoms with Crippen LogP contribution >= 0.6 is 0 Å². The van der Waals surface area contributed by atoms with Crippen molar-refractivity contribution in [1.29, 1.82) is 0 Å². The Morgan fingerprint density at radius 2 is 1.62 bits per heavy atom. The lowest BCUT2D eigenvalue weighted by atomic mass is 9.89. The maximum atomic E-state index is 13.4. The number of benzene rings is 1. The number of carboxylic acid groups (broad SMARTS) is 1. The fourth-order valence-electron chi connectivity index (χ4n) is 5.59. The van der Waals surface area contributed by atoms with Gasteiger partial charge >= 0.3 is 5.97 Å². The highest BCUT2D eigenvalue weighted by Gasteiger charge is 2.40. The molecule has 2 saturated carbocycles. The molecule has 2 amide bonds. The molecule has 7 nitrogen and oxygen atoms in total. The number of carbonyl (C=O) groups excluding carboxylic acids is 2. The largest absolute Gasteiger partial charge is 0.481 e. The first-order valence-electron chi connectivity index (χ1n) is 14.8. The highest BCUT2D eigenvalue weighted by Crippen LogP contribution is 2.48. The summed E-state index contributed by atoms with van der Waals surface area (Å²) >= 11 is 0. The van der Waals surface area contributed by atoms with E-state index < -0.39 is 11.4 Å². The summed E-state index contributed by atoms with van der Waals surface area (Å²) < 4.78 is 2.26. The van der Waals surface area contributed by atoms with Crippen LogP contribution < -0.4 is 10.6 Å². The van der Waals surface area contributed by atoms with Gasteiger partial charge in [-0.25, -0.2) is 0 Å². The van der Waals surface area contributed by atoms with Gasteiger partial charge in [-0.05, 0) is 114 Å². The van der Waals surface area contributed by atoms with Gasteiger partial charge in [0.05, 0.1) is 11.0 Å². The molecule has 218 valence electrons. The van der Waals surface area contributed by atoms with Crippen LogP contribution in [0.25, 0.3) is 11.3 Å². The van der Waals surface area contributed by atoms with E-state index in [4.69, 9.17) is 0 Å². The molecule has 2 aliphatic rings. The molecule has 0 unspecified atom stereocenters. The molecule has 0 bridgehead atoms. The van der Waals surface area contributed by atoms with Crippen LogP contribution in [0.15, 0.2) is 24.3 Å². The highest BCUT2D eigenvalue weighted by atomic mass is 16.4. The fraction of sp³-hybridized carbons (Fsp3) is 0.606. The molecule has 0 atom stereocenters. The van der Waals surface area contributed by atoms with Crippen molar-refractivity contribution in [3.63, 3.8) is 0 Å². The van der Waals surface area contributed by atoms with Gasteiger partial charge in [0.15, 0.2) is 0 Å². The number of hydrogen-bond acceptors (Lipinski definition) is 3. The van der Waals surface area contributed by atoms with Crippen LogP contribution in [-0.4, -0.2) is 39.5 Å². The Morgan fingerprint density at radius 3 is 2.20 bits per heavy atom. The molecule has 3 N–H and O–H groups in total. The zero-order valence-electron chi connectivity index (χ0n) is 25.4. The summed E-state index contributed by atoms with van der Waals surface area (Å²) in [5.41, 5.74) is 3.71. The standard InChI is InChI=1S/C33H47N3O4/c1-21-26(29(38)34-20-32(5,6)30(39)40)18-27(36(21)19-22-11-9-8-10-12-22)23-15-24(28(37)35-31(2,3)4)17-25(16-23)33(7)13-14-33/h15-18,22H,8-14,19-20H2,1-7H3,(H,34,38)(H,35,37)(H,39,40). The first-order chi connectivity index (χ1) is 18.6. The third-order valence-corrected chi connectivity index (χ3v) is 8.72. The van der Waals surface area contributed by atoms with Gasteiger partial charge in [-0.1, -0.05) is 26.2 Å². The van der Waals surface area contributed by atoms with Crippen LogP contribution in [0.4, 0.5) is 0 Å². The van der Waals surface area contributed by atoms with Crippen LogP contribution in [0, 0.1) is 18.3 Å². The molecule has 0 saturated heterocycles. The lowest BCUT2D eigenvalue weighted by molar-refractivity contribution is -0.146. The maximum absolute atomic E-state index is 13.4. The van der Waals surface area contributed by atoms with Gasteiger partial charge in [-0.15, -0.1) is 0 Å². The molecule has 40 heavy (non-hydrogen) atoms. The number of aromatic nitrogens is 1. The molecule has 7 heteroatoms. The first kappa shape index (κ1) is 29.9. The van der Waals surface area contributed by atoms with Crippen molar-refractivity contribution in [2.45, 2.75) is 111 Å². The zero-order chi connectivity index (χ0) is 29.5. The molecule has 1 aromatic heterocycles. The van der Waals surface area contributed by atoms with Crippen molar-refractivity contribution in [3.8, 4) is 11.3 Å². The number of nitrogens with one attached hydrogen (secondary N) is 2. The Kier molecular flexibility index (Phi) is 8.26. The van der Waals surface area contributed by atoms with Gasteiger partial charge in [0, 0.05) is 35.6 Å². The Balaban J connectivity index is 1.78. The number of carboxylic acids is 1. The van der Waals surface area contributed by atoms with Crippen molar-refractivity contribution in [1.82, 2.24) is 15.2 Å². The van der Waals surface area contributed by atoms with E-state index >= 15 is 0 Å². The molecule has 2 fully saturated rings. The number of amides is 2. The predicted octanol–water partition coefficient (Wildman–Crippen LogP) is 6.46. The van der Waals surface area contributed by atoms with E-state index in [1.54, 1.807) is 13.8 Å². The second-order valence-electron chi connectivity index (χ2n) is 14.1. The van der Waals surface area contributed by atoms with E-state index in [1.165, 1.54) is 32.1 Å². The molecular weight excluding hydrogens is 502 g/mol. The van der Waals surface area contributed by atoms with Gasteiger partial charge in [0.2, 0.25) is 0 Å². The normalized spacial score (nSPS) is 17.4. The van der Waals surface area contributed by atoms with Crippen molar-refractivity contribution in [2.24, 2.45) is 11.3 Å². The summed E-state index contributed by atoms with van der Waals surface area (Å²) in [6.45, 7) is 14.2. The molecule has 0 spiro atoms. The molecular formula is C33H47N3O4. The van der Waals surface area contributed by atoms with Crippen LogP contribution in [0.3, 0.4) is 0 Å². The van der Waals surface area contributed by atoms with E-state index in [-0.39, 0.29) is 29.3 Å². The monoisotopic (exact) mass is 549 g/mol. The van der Waals surface area contributed by atoms with E-state index in [0.717, 1.165) is 41.9 Å². The number of aliphatic carboxylic acids is 1. The summed E-state index contributed by atoms with van der Waals surface area (Å²) in [5.74, 6) is -0.790. The van der Waals surface area contributed by atoms with E-state index in [1.807, 2.05) is 45.9 Å². The number of rotatable bonds is 9. The summed E-state index contributed by atoms with van der Waals surface area (Å²) in [6.07, 6.45) is 8.24. The lowest BCUT2D eigenvalue weighted by Gasteiger charge is -2.25. The average Bonchev–Trinajstić information content (AvgIpc) is 3.56. The van der Waals surface area contributed by atoms with Gasteiger partial charge < -0.3 is 20.3 Å². The van der Waals surface area contributed by atoms with Crippen molar-refractivity contribution < 1.29 is 19.5 Å². The molecule has 0 radical (unpaired) electrons. The third kappa shape index (κ3) is 6.79. The molecule has 0 aliphatic heterocycles. The molecule has 1 aromatic carbocycles. The molecule has 2 aromatic rings. The second kappa shape index (κ2) is 11.1. The van der Waals surface area contributed by atoms with Gasteiger partial charge in [0.1, 0.15) is 0 Å². The second-order valence-corrected chi connectivity index (χ2v) is 14.1. The Morgan fingerprint density at radius 1 is 0.975 bits per heavy atom. The number of nitrogens with zero attached hydrogens (tertiary/aromatic N) is 1. The van der Waals surface area contributed by atoms with Crippen LogP contribution in [0.1, 0.15) is 118 Å². The van der Waals surface area contributed by atoms with Crippen molar-refractivity contribution in [2.75, 3.05) is 6.54 Å².